The summed E-state index contributed by atoms with van der Waals surface area (Å²) < 4.78 is 46.0. The number of ether oxygens (including phenoxy) is 2. The van der Waals surface area contributed by atoms with Crippen molar-refractivity contribution >= 4 is 0 Å². The number of phenolic OH excluding ortho intramolecular Hbond substituents is 1. The maximum absolute atomic E-state index is 12.4. The largest absolute Gasteiger partial charge is 0.573 e. The van der Waals surface area contributed by atoms with Gasteiger partial charge < -0.3 is 14.6 Å². The van der Waals surface area contributed by atoms with Crippen molar-refractivity contribution in [2.45, 2.75) is 6.36 Å². The highest BCUT2D eigenvalue weighted by Crippen LogP contribution is 2.36. The highest BCUT2D eigenvalue weighted by Gasteiger charge is 2.32. The molecule has 20 heavy (non-hydrogen) atoms. The van der Waals surface area contributed by atoms with E-state index in [1.807, 2.05) is 0 Å². The Morgan fingerprint density at radius 1 is 1.00 bits per heavy atom. The van der Waals surface area contributed by atoms with Crippen LogP contribution in [0.3, 0.4) is 0 Å². The van der Waals surface area contributed by atoms with Gasteiger partial charge in [0.15, 0.2) is 0 Å². The van der Waals surface area contributed by atoms with Gasteiger partial charge in [0.05, 0.1) is 7.11 Å². The first-order valence-electron chi connectivity index (χ1n) is 5.62. The minimum absolute atomic E-state index is 0.225. The van der Waals surface area contributed by atoms with Crippen LogP contribution in [0.25, 0.3) is 11.1 Å². The average molecular weight is 284 g/mol. The zero-order valence-corrected chi connectivity index (χ0v) is 10.4. The van der Waals surface area contributed by atoms with E-state index in [4.69, 9.17) is 4.74 Å². The SMILES string of the molecule is COc1ccc(-c2ccc(O)cc2OC(F)(F)F)cc1. The first-order chi connectivity index (χ1) is 9.39. The lowest BCUT2D eigenvalue weighted by atomic mass is 10.0. The molecule has 2 aromatic rings. The van der Waals surface area contributed by atoms with E-state index in [2.05, 4.69) is 4.74 Å². The molecule has 0 saturated carbocycles. The number of methoxy groups -OCH3 is 1. The van der Waals surface area contributed by atoms with Crippen LogP contribution in [0.1, 0.15) is 0 Å². The van der Waals surface area contributed by atoms with Gasteiger partial charge in [-0.1, -0.05) is 12.1 Å². The number of halogens is 3. The van der Waals surface area contributed by atoms with Crippen LogP contribution in [-0.4, -0.2) is 18.6 Å². The second-order valence-electron chi connectivity index (χ2n) is 3.96. The molecule has 0 fully saturated rings. The van der Waals surface area contributed by atoms with E-state index in [9.17, 15) is 18.3 Å². The fraction of sp³-hybridized carbons (Fsp3) is 0.143. The fourth-order valence-corrected chi connectivity index (χ4v) is 1.73. The van der Waals surface area contributed by atoms with Crippen molar-refractivity contribution < 1.29 is 27.8 Å². The van der Waals surface area contributed by atoms with Crippen molar-refractivity contribution in [3.63, 3.8) is 0 Å². The van der Waals surface area contributed by atoms with Crippen molar-refractivity contribution in [2.75, 3.05) is 7.11 Å². The molecule has 2 rings (SSSR count). The molecular formula is C14H11F3O3. The van der Waals surface area contributed by atoms with Gasteiger partial charge in [-0.15, -0.1) is 13.2 Å². The van der Waals surface area contributed by atoms with Gasteiger partial charge in [-0.2, -0.15) is 0 Å². The summed E-state index contributed by atoms with van der Waals surface area (Å²) in [6.45, 7) is 0. The predicted octanol–water partition coefficient (Wildman–Crippen LogP) is 3.97. The molecule has 3 nitrogen and oxygen atoms in total. The maximum Gasteiger partial charge on any atom is 0.573 e. The van der Waals surface area contributed by atoms with Crippen LogP contribution in [0.15, 0.2) is 42.5 Å². The van der Waals surface area contributed by atoms with E-state index < -0.39 is 12.1 Å². The van der Waals surface area contributed by atoms with Gasteiger partial charge >= 0.3 is 6.36 Å². The summed E-state index contributed by atoms with van der Waals surface area (Å²) >= 11 is 0. The van der Waals surface area contributed by atoms with E-state index >= 15 is 0 Å². The number of aromatic hydroxyl groups is 1. The molecule has 0 bridgehead atoms. The monoisotopic (exact) mass is 284 g/mol. The van der Waals surface area contributed by atoms with E-state index in [0.29, 0.717) is 11.3 Å². The number of phenols is 1. The third kappa shape index (κ3) is 3.34. The van der Waals surface area contributed by atoms with Crippen LogP contribution in [-0.2, 0) is 0 Å². The summed E-state index contributed by atoms with van der Waals surface area (Å²) in [5, 5.41) is 9.30. The Morgan fingerprint density at radius 2 is 1.65 bits per heavy atom. The molecule has 106 valence electrons. The first kappa shape index (κ1) is 14.0. The number of rotatable bonds is 3. The van der Waals surface area contributed by atoms with Gasteiger partial charge in [0.25, 0.3) is 0 Å². The van der Waals surface area contributed by atoms with Gasteiger partial charge in [0, 0.05) is 11.6 Å². The smallest absolute Gasteiger partial charge is 0.508 e. The van der Waals surface area contributed by atoms with Crippen LogP contribution in [0.2, 0.25) is 0 Å². The molecule has 0 aliphatic heterocycles. The quantitative estimate of drug-likeness (QED) is 0.927. The van der Waals surface area contributed by atoms with E-state index in [0.717, 1.165) is 6.07 Å². The lowest BCUT2D eigenvalue weighted by Crippen LogP contribution is -2.17. The summed E-state index contributed by atoms with van der Waals surface area (Å²) in [6, 6.07) is 10.0. The fourth-order valence-electron chi connectivity index (χ4n) is 1.73. The molecule has 2 aromatic carbocycles. The van der Waals surface area contributed by atoms with Gasteiger partial charge in [0.2, 0.25) is 0 Å². The molecule has 0 unspecified atom stereocenters. The van der Waals surface area contributed by atoms with Gasteiger partial charge in [0.1, 0.15) is 17.2 Å². The van der Waals surface area contributed by atoms with Crippen molar-refractivity contribution in [2.24, 2.45) is 0 Å². The second kappa shape index (κ2) is 5.32. The summed E-state index contributed by atoms with van der Waals surface area (Å²) in [6.07, 6.45) is -4.82. The molecule has 0 aromatic heterocycles. The van der Waals surface area contributed by atoms with Crippen molar-refractivity contribution in [3.8, 4) is 28.4 Å². The average Bonchev–Trinajstić information content (AvgIpc) is 2.37. The molecule has 0 saturated heterocycles. The molecule has 0 spiro atoms. The summed E-state index contributed by atoms with van der Waals surface area (Å²) in [5.41, 5.74) is 0.743. The Kier molecular flexibility index (Phi) is 3.74. The topological polar surface area (TPSA) is 38.7 Å². The zero-order chi connectivity index (χ0) is 14.8. The summed E-state index contributed by atoms with van der Waals surface area (Å²) in [4.78, 5) is 0. The number of benzene rings is 2. The third-order valence-electron chi connectivity index (χ3n) is 2.59. The van der Waals surface area contributed by atoms with Gasteiger partial charge in [-0.05, 0) is 29.8 Å². The van der Waals surface area contributed by atoms with Crippen molar-refractivity contribution in [1.29, 1.82) is 0 Å². The lowest BCUT2D eigenvalue weighted by Gasteiger charge is -2.14. The Bertz CT molecular complexity index is 592. The molecule has 0 radical (unpaired) electrons. The molecule has 6 heteroatoms. The molecular weight excluding hydrogens is 273 g/mol. The van der Waals surface area contributed by atoms with Crippen LogP contribution >= 0.6 is 0 Å². The Balaban J connectivity index is 2.44. The Hall–Kier alpha value is -2.37. The van der Waals surface area contributed by atoms with E-state index in [-0.39, 0.29) is 11.3 Å². The van der Waals surface area contributed by atoms with Gasteiger partial charge in [-0.25, -0.2) is 0 Å². The number of hydrogen-bond donors (Lipinski definition) is 1. The first-order valence-corrected chi connectivity index (χ1v) is 5.62. The molecule has 0 amide bonds. The van der Waals surface area contributed by atoms with Crippen molar-refractivity contribution in [1.82, 2.24) is 0 Å². The third-order valence-corrected chi connectivity index (χ3v) is 2.59. The van der Waals surface area contributed by atoms with E-state index in [1.54, 1.807) is 24.3 Å². The predicted molar refractivity (Wildman–Crippen MR) is 66.8 cm³/mol. The van der Waals surface area contributed by atoms with Gasteiger partial charge in [-0.3, -0.25) is 0 Å². The van der Waals surface area contributed by atoms with Crippen LogP contribution < -0.4 is 9.47 Å². The molecule has 0 heterocycles. The Morgan fingerprint density at radius 3 is 2.20 bits per heavy atom. The number of hydrogen-bond acceptors (Lipinski definition) is 3. The Labute approximate surface area is 113 Å². The highest BCUT2D eigenvalue weighted by atomic mass is 19.4. The molecule has 1 N–H and O–H groups in total. The number of alkyl halides is 3. The zero-order valence-electron chi connectivity index (χ0n) is 10.4. The maximum atomic E-state index is 12.4. The normalized spacial score (nSPS) is 11.2. The van der Waals surface area contributed by atoms with Crippen LogP contribution in [0.4, 0.5) is 13.2 Å². The molecule has 0 atom stereocenters. The standard InChI is InChI=1S/C14H11F3O3/c1-19-11-5-2-9(3-6-11)12-7-4-10(18)8-13(12)20-14(15,16)17/h2-8,18H,1H3. The molecule has 0 aliphatic carbocycles. The molecule has 0 aliphatic rings. The van der Waals surface area contributed by atoms with E-state index in [1.165, 1.54) is 19.2 Å². The second-order valence-corrected chi connectivity index (χ2v) is 3.96. The van der Waals surface area contributed by atoms with Crippen LogP contribution in [0, 0.1) is 0 Å². The van der Waals surface area contributed by atoms with Crippen LogP contribution in [0.5, 0.6) is 17.2 Å². The summed E-state index contributed by atoms with van der Waals surface area (Å²) in [7, 11) is 1.49. The highest BCUT2D eigenvalue weighted by molar-refractivity contribution is 5.72. The van der Waals surface area contributed by atoms with Crippen molar-refractivity contribution in [3.05, 3.63) is 42.5 Å². The minimum atomic E-state index is -4.82. The summed E-state index contributed by atoms with van der Waals surface area (Å²) in [5.74, 6) is -0.171. The minimum Gasteiger partial charge on any atom is -0.508 e. The lowest BCUT2D eigenvalue weighted by molar-refractivity contribution is -0.274.